The van der Waals surface area contributed by atoms with Crippen LogP contribution in [-0.2, 0) is 38.5 Å². The summed E-state index contributed by atoms with van der Waals surface area (Å²) in [6.45, 7) is 22.7. The van der Waals surface area contributed by atoms with Gasteiger partial charge in [-0.15, -0.1) is 0 Å². The minimum Gasteiger partial charge on any atom is -0.491 e. The summed E-state index contributed by atoms with van der Waals surface area (Å²) in [7, 11) is 0. The van der Waals surface area contributed by atoms with Crippen molar-refractivity contribution in [3.63, 3.8) is 0 Å². The number of hydrogen-bond donors (Lipinski definition) is 0. The van der Waals surface area contributed by atoms with Crippen LogP contribution in [0.4, 0.5) is 11.4 Å². The minimum atomic E-state index is -1.30. The Bertz CT molecular complexity index is 3140. The van der Waals surface area contributed by atoms with E-state index < -0.39 is 11.2 Å². The summed E-state index contributed by atoms with van der Waals surface area (Å²) in [4.78, 5) is 32.7. The van der Waals surface area contributed by atoms with E-state index in [1.807, 2.05) is 60.7 Å². The number of aryl methyl sites for hydroxylation is 2. The van der Waals surface area contributed by atoms with Crippen molar-refractivity contribution in [3.05, 3.63) is 189 Å². The topological polar surface area (TPSA) is 96.6 Å². The maximum atomic E-state index is 14.1. The van der Waals surface area contributed by atoms with Gasteiger partial charge in [0.1, 0.15) is 24.7 Å². The van der Waals surface area contributed by atoms with E-state index in [9.17, 15) is 9.59 Å². The zero-order valence-corrected chi connectivity index (χ0v) is 43.4. The Morgan fingerprint density at radius 1 is 0.466 bits per heavy atom. The van der Waals surface area contributed by atoms with E-state index in [1.165, 1.54) is 0 Å². The molecule has 2 aromatic heterocycles. The van der Waals surface area contributed by atoms with Gasteiger partial charge < -0.3 is 42.6 Å². The Morgan fingerprint density at radius 2 is 0.849 bits per heavy atom. The van der Waals surface area contributed by atoms with Crippen LogP contribution >= 0.6 is 0 Å². The highest BCUT2D eigenvalue weighted by Crippen LogP contribution is 2.55. The second kappa shape index (κ2) is 20.2. The van der Waals surface area contributed by atoms with Crippen molar-refractivity contribution in [1.82, 2.24) is 9.13 Å². The highest BCUT2D eigenvalue weighted by Gasteiger charge is 2.54. The summed E-state index contributed by atoms with van der Waals surface area (Å²) in [6, 6.07) is 44.6. The maximum absolute atomic E-state index is 14.1. The molecular formula is C62H66N4O7. The van der Waals surface area contributed by atoms with Crippen LogP contribution in [0.2, 0.25) is 0 Å². The number of fused-ring (bicyclic) bond motifs is 4. The average Bonchev–Trinajstić information content (AvgIpc) is 4.09. The quantitative estimate of drug-likeness (QED) is 0.0546. The van der Waals surface area contributed by atoms with Crippen LogP contribution in [0.3, 0.4) is 0 Å². The molecule has 11 nitrogen and oxygen atoms in total. The number of cyclic esters (lactones) is 2. The van der Waals surface area contributed by atoms with Gasteiger partial charge in [0.05, 0.1) is 24.3 Å². The fourth-order valence-corrected chi connectivity index (χ4v) is 12.0. The zero-order chi connectivity index (χ0) is 51.0. The molecular weight excluding hydrogens is 913 g/mol. The van der Waals surface area contributed by atoms with E-state index in [4.69, 9.17) is 23.7 Å². The molecule has 8 aromatic rings. The molecule has 10 rings (SSSR count). The predicted octanol–water partition coefficient (Wildman–Crippen LogP) is 12.3. The monoisotopic (exact) mass is 978 g/mol. The smallest absolute Gasteiger partial charge is 0.340 e. The van der Waals surface area contributed by atoms with Crippen LogP contribution in [0.25, 0.3) is 21.8 Å². The van der Waals surface area contributed by atoms with Crippen LogP contribution in [0.15, 0.2) is 133 Å². The maximum Gasteiger partial charge on any atom is 0.340 e. The van der Waals surface area contributed by atoms with Crippen molar-refractivity contribution in [2.45, 2.75) is 79.7 Å². The Kier molecular flexibility index (Phi) is 13.6. The number of carbonyl (C=O) groups excluding carboxylic acids is 2. The SMILES string of the molecule is CCN(CC)c1ccc(C2(c3c(C)n(CC)c4ccccc34)OC(=O)c3ccccc32)c(OCCOCCOc2cc(N(CC)CC)ccc2C2(c3c(C)n(CC)c4ccccc34)OC(=O)c3ccccc32)c1. The van der Waals surface area contributed by atoms with Gasteiger partial charge in [-0.05, 0) is 104 Å². The first kappa shape index (κ1) is 49.1. The molecule has 376 valence electrons. The molecule has 11 heteroatoms. The number of carbonyl (C=O) groups is 2. The largest absolute Gasteiger partial charge is 0.491 e. The standard InChI is InChI=1S/C62H66N4O7/c1-9-63(10-2)43-31-33-51(61(49-27-19-15-23-45(49)59(67)72-61)57-41(7)65(13-5)53-29-21-17-25-47(53)57)55(39-43)70-37-35-69-36-38-71-56-40-44(64(11-3)12-4)32-34-52(56)62(50-28-20-16-24-46(50)60(68)73-62)58-42(8)66(14-6)54-30-22-18-26-48(54)58/h15-34,39-40H,9-14,35-38H2,1-8H3. The van der Waals surface area contributed by atoms with E-state index in [0.717, 1.165) is 117 Å². The van der Waals surface area contributed by atoms with Gasteiger partial charge in [0.25, 0.3) is 0 Å². The molecule has 0 fully saturated rings. The lowest BCUT2D eigenvalue weighted by molar-refractivity contribution is 0.0236. The summed E-state index contributed by atoms with van der Waals surface area (Å²) >= 11 is 0. The lowest BCUT2D eigenvalue weighted by atomic mass is 9.78. The fourth-order valence-electron chi connectivity index (χ4n) is 12.0. The van der Waals surface area contributed by atoms with Crippen molar-refractivity contribution in [2.24, 2.45) is 0 Å². The first-order valence-corrected chi connectivity index (χ1v) is 26.1. The van der Waals surface area contributed by atoms with Crippen LogP contribution in [0.5, 0.6) is 11.5 Å². The Hall–Kier alpha value is -7.50. The Balaban J connectivity index is 0.973. The van der Waals surface area contributed by atoms with E-state index in [2.05, 4.69) is 147 Å². The normalized spacial score (nSPS) is 16.9. The van der Waals surface area contributed by atoms with Crippen LogP contribution in [0, 0.1) is 13.8 Å². The molecule has 6 aromatic carbocycles. The summed E-state index contributed by atoms with van der Waals surface area (Å²) in [5, 5.41) is 2.03. The minimum absolute atomic E-state index is 0.218. The Morgan fingerprint density at radius 3 is 1.25 bits per heavy atom. The molecule has 0 aliphatic carbocycles. The third kappa shape index (κ3) is 7.91. The van der Waals surface area contributed by atoms with Gasteiger partial charge in [0, 0.05) is 129 Å². The van der Waals surface area contributed by atoms with Crippen LogP contribution < -0.4 is 19.3 Å². The zero-order valence-electron chi connectivity index (χ0n) is 43.4. The fraction of sp³-hybridized carbons (Fsp3) is 0.323. The number of hydrogen-bond acceptors (Lipinski definition) is 9. The molecule has 0 radical (unpaired) electrons. The van der Waals surface area contributed by atoms with Gasteiger partial charge in [-0.3, -0.25) is 0 Å². The summed E-state index contributed by atoms with van der Waals surface area (Å²) in [6.07, 6.45) is 0. The lowest BCUT2D eigenvalue weighted by Gasteiger charge is -2.33. The van der Waals surface area contributed by atoms with Gasteiger partial charge in [-0.25, -0.2) is 9.59 Å². The molecule has 2 atom stereocenters. The van der Waals surface area contributed by atoms with E-state index in [1.54, 1.807) is 0 Å². The second-order valence-corrected chi connectivity index (χ2v) is 18.7. The number of esters is 2. The second-order valence-electron chi connectivity index (χ2n) is 18.7. The van der Waals surface area contributed by atoms with Crippen LogP contribution in [-0.4, -0.2) is 73.7 Å². The first-order valence-electron chi connectivity index (χ1n) is 26.1. The number of nitrogens with zero attached hydrogens (tertiary/aromatic N) is 4. The van der Waals surface area contributed by atoms with Crippen molar-refractivity contribution in [1.29, 1.82) is 0 Å². The van der Waals surface area contributed by atoms with Crippen molar-refractivity contribution < 1.29 is 33.3 Å². The molecule has 2 aliphatic heterocycles. The number of ether oxygens (including phenoxy) is 5. The number of aromatic nitrogens is 2. The van der Waals surface area contributed by atoms with Crippen molar-refractivity contribution in [3.8, 4) is 11.5 Å². The molecule has 0 saturated heterocycles. The van der Waals surface area contributed by atoms with Gasteiger partial charge in [-0.1, -0.05) is 72.8 Å². The number of anilines is 2. The van der Waals surface area contributed by atoms with E-state index in [-0.39, 0.29) is 38.4 Å². The van der Waals surface area contributed by atoms with Gasteiger partial charge in [-0.2, -0.15) is 0 Å². The van der Waals surface area contributed by atoms with Crippen molar-refractivity contribution >= 4 is 45.1 Å². The number of benzene rings is 6. The third-order valence-electron chi connectivity index (χ3n) is 15.3. The van der Waals surface area contributed by atoms with Crippen LogP contribution in [0.1, 0.15) is 107 Å². The van der Waals surface area contributed by atoms with Gasteiger partial charge >= 0.3 is 11.9 Å². The molecule has 0 saturated carbocycles. The van der Waals surface area contributed by atoms with Gasteiger partial charge in [0.15, 0.2) is 11.2 Å². The molecule has 0 spiro atoms. The average molecular weight is 979 g/mol. The molecule has 2 aliphatic rings. The lowest BCUT2D eigenvalue weighted by Crippen LogP contribution is -2.32. The molecule has 0 amide bonds. The molecule has 73 heavy (non-hydrogen) atoms. The van der Waals surface area contributed by atoms with E-state index >= 15 is 0 Å². The van der Waals surface area contributed by atoms with Crippen molar-refractivity contribution in [2.75, 3.05) is 62.4 Å². The number of rotatable bonds is 20. The first-order chi connectivity index (χ1) is 35.6. The summed E-state index contributed by atoms with van der Waals surface area (Å²) < 4.78 is 38.2. The Labute approximate surface area is 428 Å². The highest BCUT2D eigenvalue weighted by molar-refractivity contribution is 6.00. The van der Waals surface area contributed by atoms with E-state index in [0.29, 0.717) is 22.6 Å². The third-order valence-corrected chi connectivity index (χ3v) is 15.3. The molecule has 4 heterocycles. The number of para-hydroxylation sites is 2. The highest BCUT2D eigenvalue weighted by atomic mass is 16.6. The summed E-state index contributed by atoms with van der Waals surface area (Å²) in [5.41, 5.74) is 9.57. The molecule has 0 bridgehead atoms. The molecule has 2 unspecified atom stereocenters. The molecule has 0 N–H and O–H groups in total. The predicted molar refractivity (Wildman–Crippen MR) is 290 cm³/mol. The van der Waals surface area contributed by atoms with Gasteiger partial charge in [0.2, 0.25) is 0 Å². The summed E-state index contributed by atoms with van der Waals surface area (Å²) in [5.74, 6) is 0.465.